The van der Waals surface area contributed by atoms with Crippen LogP contribution in [0.5, 0.6) is 0 Å². The van der Waals surface area contributed by atoms with Gasteiger partial charge in [-0.2, -0.15) is 4.99 Å². The minimum absolute atomic E-state index is 0.0359. The molecule has 86 valence electrons. The minimum atomic E-state index is 0.0359. The van der Waals surface area contributed by atoms with E-state index in [-0.39, 0.29) is 6.10 Å². The highest BCUT2D eigenvalue weighted by molar-refractivity contribution is 5.47. The highest BCUT2D eigenvalue weighted by Crippen LogP contribution is 2.16. The first-order chi connectivity index (χ1) is 7.83. The molecule has 1 aromatic rings. The number of para-hydroxylation sites is 1. The van der Waals surface area contributed by atoms with Gasteiger partial charge in [-0.3, -0.25) is 0 Å². The zero-order chi connectivity index (χ0) is 11.6. The van der Waals surface area contributed by atoms with Gasteiger partial charge in [0.05, 0.1) is 11.8 Å². The number of aliphatic hydroxyl groups excluding tert-OH is 1. The smallest absolute Gasteiger partial charge is 0.240 e. The normalized spacial score (nSPS) is 15.6. The lowest BCUT2D eigenvalue weighted by molar-refractivity contribution is 0.130. The summed E-state index contributed by atoms with van der Waals surface area (Å²) in [4.78, 5) is 13.1. The fourth-order valence-electron chi connectivity index (χ4n) is 1.64. The predicted molar refractivity (Wildman–Crippen MR) is 63.3 cm³/mol. The zero-order valence-electron chi connectivity index (χ0n) is 9.30. The number of hydrogen-bond donors (Lipinski definition) is 1. The Balaban J connectivity index is 0.000000165. The van der Waals surface area contributed by atoms with Crippen LogP contribution in [0.1, 0.15) is 32.1 Å². The average molecular weight is 219 g/mol. The second-order valence-corrected chi connectivity index (χ2v) is 3.83. The van der Waals surface area contributed by atoms with Crippen LogP contribution in [-0.4, -0.2) is 17.3 Å². The molecule has 1 saturated carbocycles. The first kappa shape index (κ1) is 12.6. The number of aliphatic hydroxyl groups is 1. The van der Waals surface area contributed by atoms with E-state index in [1.54, 1.807) is 12.1 Å². The predicted octanol–water partition coefficient (Wildman–Crippen LogP) is 2.97. The number of isocyanates is 1. The van der Waals surface area contributed by atoms with Crippen LogP contribution in [0.15, 0.2) is 35.3 Å². The van der Waals surface area contributed by atoms with Crippen molar-refractivity contribution in [2.75, 3.05) is 0 Å². The number of nitrogens with zero attached hydrogens (tertiary/aromatic N) is 1. The van der Waals surface area contributed by atoms with Gasteiger partial charge in [0.2, 0.25) is 6.08 Å². The highest BCUT2D eigenvalue weighted by atomic mass is 16.3. The molecule has 0 saturated heterocycles. The molecule has 0 radical (unpaired) electrons. The lowest BCUT2D eigenvalue weighted by atomic mass is 9.98. The first-order valence-corrected chi connectivity index (χ1v) is 5.64. The van der Waals surface area contributed by atoms with Crippen LogP contribution in [0.25, 0.3) is 0 Å². The van der Waals surface area contributed by atoms with E-state index in [1.165, 1.54) is 25.3 Å². The summed E-state index contributed by atoms with van der Waals surface area (Å²) in [6, 6.07) is 8.98. The van der Waals surface area contributed by atoms with Gasteiger partial charge in [0.25, 0.3) is 0 Å². The summed E-state index contributed by atoms with van der Waals surface area (Å²) in [7, 11) is 0. The molecule has 0 aromatic heterocycles. The minimum Gasteiger partial charge on any atom is -0.393 e. The molecule has 0 atom stereocenters. The van der Waals surface area contributed by atoms with E-state index in [1.807, 2.05) is 18.2 Å². The highest BCUT2D eigenvalue weighted by Gasteiger charge is 2.07. The van der Waals surface area contributed by atoms with E-state index < -0.39 is 0 Å². The Bertz CT molecular complexity index is 325. The van der Waals surface area contributed by atoms with Crippen molar-refractivity contribution < 1.29 is 9.90 Å². The Labute approximate surface area is 95.8 Å². The molecule has 1 N–H and O–H groups in total. The lowest BCUT2D eigenvalue weighted by Gasteiger charge is -2.14. The van der Waals surface area contributed by atoms with E-state index in [0.717, 1.165) is 12.8 Å². The molecule has 1 fully saturated rings. The van der Waals surface area contributed by atoms with Crippen molar-refractivity contribution in [1.82, 2.24) is 0 Å². The second kappa shape index (κ2) is 7.80. The van der Waals surface area contributed by atoms with Crippen LogP contribution in [-0.2, 0) is 4.79 Å². The summed E-state index contributed by atoms with van der Waals surface area (Å²) in [6.45, 7) is 0. The third-order valence-corrected chi connectivity index (χ3v) is 2.51. The molecular formula is C13H17NO2. The molecular weight excluding hydrogens is 202 g/mol. The summed E-state index contributed by atoms with van der Waals surface area (Å²) in [5.41, 5.74) is 0.646. The van der Waals surface area contributed by atoms with Crippen molar-refractivity contribution >= 4 is 11.8 Å². The maximum absolute atomic E-state index is 9.68. The van der Waals surface area contributed by atoms with Crippen LogP contribution >= 0.6 is 0 Å². The Morgan fingerprint density at radius 1 is 1.12 bits per heavy atom. The number of carbonyl (C=O) groups excluding carboxylic acids is 1. The van der Waals surface area contributed by atoms with Gasteiger partial charge in [0.1, 0.15) is 0 Å². The number of aliphatic imine (C=N–C) groups is 1. The van der Waals surface area contributed by atoms with Crippen molar-refractivity contribution in [3.8, 4) is 0 Å². The molecule has 1 aromatic carbocycles. The molecule has 0 aliphatic heterocycles. The Kier molecular flexibility index (Phi) is 6.16. The summed E-state index contributed by atoms with van der Waals surface area (Å²) >= 11 is 0. The Hall–Kier alpha value is -1.44. The SMILES string of the molecule is O=C=Nc1ccccc1.OC1CCCCC1. The molecule has 0 heterocycles. The molecule has 1 aliphatic rings. The third-order valence-electron chi connectivity index (χ3n) is 2.51. The maximum Gasteiger partial charge on any atom is 0.240 e. The summed E-state index contributed by atoms with van der Waals surface area (Å²) < 4.78 is 0. The van der Waals surface area contributed by atoms with Gasteiger partial charge in [-0.25, -0.2) is 4.79 Å². The summed E-state index contributed by atoms with van der Waals surface area (Å²) in [5, 5.41) is 8.91. The van der Waals surface area contributed by atoms with Crippen LogP contribution in [0.4, 0.5) is 5.69 Å². The summed E-state index contributed by atoms with van der Waals surface area (Å²) in [6.07, 6.45) is 7.38. The van der Waals surface area contributed by atoms with Gasteiger partial charge in [-0.05, 0) is 25.0 Å². The van der Waals surface area contributed by atoms with Gasteiger partial charge < -0.3 is 5.11 Å². The molecule has 0 unspecified atom stereocenters. The fraction of sp³-hybridized carbons (Fsp3) is 0.462. The topological polar surface area (TPSA) is 49.7 Å². The standard InChI is InChI=1S/C7H5NO.C6H12O/c9-6-8-7-4-2-1-3-5-7;7-6-4-2-1-3-5-6/h1-5H;6-7H,1-5H2. The first-order valence-electron chi connectivity index (χ1n) is 5.64. The van der Waals surface area contributed by atoms with Crippen LogP contribution < -0.4 is 0 Å². The van der Waals surface area contributed by atoms with Crippen molar-refractivity contribution in [2.24, 2.45) is 4.99 Å². The molecule has 16 heavy (non-hydrogen) atoms. The average Bonchev–Trinajstić information content (AvgIpc) is 2.33. The van der Waals surface area contributed by atoms with Crippen molar-refractivity contribution in [2.45, 2.75) is 38.2 Å². The zero-order valence-corrected chi connectivity index (χ0v) is 9.30. The number of benzene rings is 1. The van der Waals surface area contributed by atoms with Crippen LogP contribution in [0.3, 0.4) is 0 Å². The van der Waals surface area contributed by atoms with Gasteiger partial charge in [-0.1, -0.05) is 37.5 Å². The molecule has 1 aliphatic carbocycles. The van der Waals surface area contributed by atoms with Gasteiger partial charge in [0, 0.05) is 0 Å². The lowest BCUT2D eigenvalue weighted by Crippen LogP contribution is -2.09. The van der Waals surface area contributed by atoms with Crippen molar-refractivity contribution in [1.29, 1.82) is 0 Å². The number of rotatable bonds is 1. The largest absolute Gasteiger partial charge is 0.393 e. The van der Waals surface area contributed by atoms with E-state index in [2.05, 4.69) is 4.99 Å². The van der Waals surface area contributed by atoms with E-state index >= 15 is 0 Å². The van der Waals surface area contributed by atoms with Gasteiger partial charge >= 0.3 is 0 Å². The second-order valence-electron chi connectivity index (χ2n) is 3.83. The van der Waals surface area contributed by atoms with Gasteiger partial charge in [0.15, 0.2) is 0 Å². The van der Waals surface area contributed by atoms with E-state index in [9.17, 15) is 4.79 Å². The van der Waals surface area contributed by atoms with E-state index in [4.69, 9.17) is 5.11 Å². The molecule has 0 bridgehead atoms. The van der Waals surface area contributed by atoms with Crippen molar-refractivity contribution in [3.05, 3.63) is 30.3 Å². The van der Waals surface area contributed by atoms with Crippen LogP contribution in [0, 0.1) is 0 Å². The van der Waals surface area contributed by atoms with Crippen molar-refractivity contribution in [3.63, 3.8) is 0 Å². The summed E-state index contributed by atoms with van der Waals surface area (Å²) in [5.74, 6) is 0. The number of hydrogen-bond acceptors (Lipinski definition) is 3. The molecule has 3 heteroatoms. The monoisotopic (exact) mass is 219 g/mol. The molecule has 0 spiro atoms. The third kappa shape index (κ3) is 5.44. The quantitative estimate of drug-likeness (QED) is 0.583. The maximum atomic E-state index is 9.68. The van der Waals surface area contributed by atoms with Gasteiger partial charge in [-0.15, -0.1) is 0 Å². The van der Waals surface area contributed by atoms with E-state index in [0.29, 0.717) is 5.69 Å². The molecule has 2 rings (SSSR count). The Morgan fingerprint density at radius 3 is 2.19 bits per heavy atom. The molecule has 3 nitrogen and oxygen atoms in total. The fourth-order valence-corrected chi connectivity index (χ4v) is 1.64. The van der Waals surface area contributed by atoms with Crippen LogP contribution in [0.2, 0.25) is 0 Å². The molecule has 0 amide bonds. The Morgan fingerprint density at radius 2 is 1.75 bits per heavy atom.